The normalized spacial score (nSPS) is 12.0. The zero-order valence-corrected chi connectivity index (χ0v) is 15.5. The van der Waals surface area contributed by atoms with Crippen molar-refractivity contribution in [1.29, 1.82) is 0 Å². The summed E-state index contributed by atoms with van der Waals surface area (Å²) in [4.78, 5) is 4.50. The third-order valence-corrected chi connectivity index (χ3v) is 4.36. The maximum Gasteiger partial charge on any atom is 0.0937 e. The van der Waals surface area contributed by atoms with Crippen molar-refractivity contribution in [2.24, 2.45) is 10.7 Å². The van der Waals surface area contributed by atoms with E-state index >= 15 is 0 Å². The minimum absolute atomic E-state index is 0.882. The summed E-state index contributed by atoms with van der Waals surface area (Å²) in [6, 6.07) is 0. The van der Waals surface area contributed by atoms with Crippen LogP contribution in [0.5, 0.6) is 0 Å². The smallest absolute Gasteiger partial charge is 0.0937 e. The Hall–Kier alpha value is -0.530. The van der Waals surface area contributed by atoms with Crippen LogP contribution in [0, 0.1) is 0 Å². The predicted molar refractivity (Wildman–Crippen MR) is 102 cm³/mol. The van der Waals surface area contributed by atoms with Gasteiger partial charge in [-0.15, -0.1) is 0 Å². The lowest BCUT2D eigenvalue weighted by molar-refractivity contribution is 0.558. The van der Waals surface area contributed by atoms with E-state index < -0.39 is 0 Å². The molecule has 0 aliphatic heterocycles. The van der Waals surface area contributed by atoms with Crippen molar-refractivity contribution in [2.45, 2.75) is 117 Å². The van der Waals surface area contributed by atoms with E-state index in [1.807, 2.05) is 0 Å². The van der Waals surface area contributed by atoms with Crippen LogP contribution in [0.4, 0.5) is 0 Å². The van der Waals surface area contributed by atoms with E-state index in [0.717, 1.165) is 18.8 Å². The summed E-state index contributed by atoms with van der Waals surface area (Å²) in [5.41, 5.74) is 5.96. The molecule has 0 atom stereocenters. The third kappa shape index (κ3) is 17.5. The van der Waals surface area contributed by atoms with Crippen LogP contribution in [0.25, 0.3) is 0 Å². The molecule has 0 radical (unpaired) electrons. The van der Waals surface area contributed by atoms with Crippen LogP contribution in [0.3, 0.4) is 0 Å². The van der Waals surface area contributed by atoms with Crippen molar-refractivity contribution >= 4 is 5.84 Å². The lowest BCUT2D eigenvalue weighted by Crippen LogP contribution is -2.12. The summed E-state index contributed by atoms with van der Waals surface area (Å²) in [6.07, 6.45) is 21.3. The highest BCUT2D eigenvalue weighted by Crippen LogP contribution is 2.10. The van der Waals surface area contributed by atoms with Gasteiger partial charge in [0.2, 0.25) is 0 Å². The van der Waals surface area contributed by atoms with E-state index in [4.69, 9.17) is 5.73 Å². The number of hydrogen-bond donors (Lipinski definition) is 1. The molecule has 0 saturated heterocycles. The molecule has 0 aromatic rings. The molecular weight excluding hydrogens is 268 g/mol. The van der Waals surface area contributed by atoms with Crippen molar-refractivity contribution in [2.75, 3.05) is 6.54 Å². The van der Waals surface area contributed by atoms with Crippen LogP contribution in [0.1, 0.15) is 117 Å². The third-order valence-electron chi connectivity index (χ3n) is 4.36. The van der Waals surface area contributed by atoms with Crippen molar-refractivity contribution < 1.29 is 0 Å². The Morgan fingerprint density at radius 1 is 0.591 bits per heavy atom. The average Bonchev–Trinajstić information content (AvgIpc) is 2.52. The van der Waals surface area contributed by atoms with E-state index in [1.165, 1.54) is 96.3 Å². The van der Waals surface area contributed by atoms with Gasteiger partial charge >= 0.3 is 0 Å². The fraction of sp³-hybridized carbons (Fsp3) is 0.950. The Labute approximate surface area is 140 Å². The number of aliphatic imine (C=N–C) groups is 1. The van der Waals surface area contributed by atoms with Gasteiger partial charge in [0, 0.05) is 13.0 Å². The fourth-order valence-corrected chi connectivity index (χ4v) is 2.81. The first-order valence-electron chi connectivity index (χ1n) is 10.1. The second kappa shape index (κ2) is 18.5. The monoisotopic (exact) mass is 310 g/mol. The molecule has 0 rings (SSSR count). The Kier molecular flexibility index (Phi) is 18.1. The molecule has 132 valence electrons. The number of unbranched alkanes of at least 4 members (excludes halogenated alkanes) is 13. The summed E-state index contributed by atoms with van der Waals surface area (Å²) in [7, 11) is 0. The van der Waals surface area contributed by atoms with Crippen LogP contribution in [-0.4, -0.2) is 12.4 Å². The second-order valence-electron chi connectivity index (χ2n) is 6.72. The van der Waals surface area contributed by atoms with Gasteiger partial charge in [-0.2, -0.15) is 0 Å². The molecule has 2 N–H and O–H groups in total. The van der Waals surface area contributed by atoms with Gasteiger partial charge in [-0.1, -0.05) is 97.3 Å². The van der Waals surface area contributed by atoms with Crippen LogP contribution in [0.15, 0.2) is 4.99 Å². The zero-order valence-electron chi connectivity index (χ0n) is 15.5. The molecule has 0 fully saturated rings. The lowest BCUT2D eigenvalue weighted by atomic mass is 10.1. The molecule has 0 aromatic heterocycles. The van der Waals surface area contributed by atoms with Gasteiger partial charge in [0.05, 0.1) is 5.84 Å². The minimum Gasteiger partial charge on any atom is -0.387 e. The Morgan fingerprint density at radius 2 is 1.00 bits per heavy atom. The second-order valence-corrected chi connectivity index (χ2v) is 6.72. The van der Waals surface area contributed by atoms with Gasteiger partial charge in [0.15, 0.2) is 0 Å². The molecule has 0 amide bonds. The van der Waals surface area contributed by atoms with Crippen molar-refractivity contribution in [1.82, 2.24) is 0 Å². The summed E-state index contributed by atoms with van der Waals surface area (Å²) < 4.78 is 0. The SMILES string of the molecule is CCCCCCCCCCCCN=C(N)CCCCCCC. The van der Waals surface area contributed by atoms with Gasteiger partial charge in [-0.3, -0.25) is 4.99 Å². The number of amidine groups is 1. The van der Waals surface area contributed by atoms with Gasteiger partial charge in [-0.25, -0.2) is 0 Å². The number of nitrogens with zero attached hydrogens (tertiary/aromatic N) is 1. The molecule has 22 heavy (non-hydrogen) atoms. The summed E-state index contributed by atoms with van der Waals surface area (Å²) in [5, 5.41) is 0. The standard InChI is InChI=1S/C20H42N2/c1-3-5-7-9-10-11-12-13-15-17-19-22-20(21)18-16-14-8-6-4-2/h3-19H2,1-2H3,(H2,21,22). The first-order chi connectivity index (χ1) is 10.8. The van der Waals surface area contributed by atoms with Gasteiger partial charge in [-0.05, 0) is 12.8 Å². The molecule has 2 nitrogen and oxygen atoms in total. The molecule has 0 spiro atoms. The average molecular weight is 311 g/mol. The van der Waals surface area contributed by atoms with Gasteiger partial charge in [0.25, 0.3) is 0 Å². The number of nitrogens with two attached hydrogens (primary N) is 1. The highest BCUT2D eigenvalue weighted by molar-refractivity contribution is 5.80. The van der Waals surface area contributed by atoms with Crippen molar-refractivity contribution in [3.63, 3.8) is 0 Å². The maximum absolute atomic E-state index is 5.96. The van der Waals surface area contributed by atoms with Gasteiger partial charge in [0.1, 0.15) is 0 Å². The van der Waals surface area contributed by atoms with Crippen molar-refractivity contribution in [3.05, 3.63) is 0 Å². The molecular formula is C20H42N2. The minimum atomic E-state index is 0.882. The van der Waals surface area contributed by atoms with Crippen LogP contribution in [0.2, 0.25) is 0 Å². The van der Waals surface area contributed by atoms with Crippen LogP contribution in [-0.2, 0) is 0 Å². The summed E-state index contributed by atoms with van der Waals surface area (Å²) >= 11 is 0. The predicted octanol–water partition coefficient (Wildman–Crippen LogP) is 6.63. The van der Waals surface area contributed by atoms with Crippen LogP contribution < -0.4 is 5.73 Å². The van der Waals surface area contributed by atoms with Gasteiger partial charge < -0.3 is 5.73 Å². The molecule has 0 aliphatic carbocycles. The topological polar surface area (TPSA) is 38.4 Å². The van der Waals surface area contributed by atoms with E-state index in [2.05, 4.69) is 18.8 Å². The molecule has 0 aliphatic rings. The highest BCUT2D eigenvalue weighted by atomic mass is 14.8. The maximum atomic E-state index is 5.96. The molecule has 0 aromatic carbocycles. The molecule has 2 heteroatoms. The van der Waals surface area contributed by atoms with E-state index in [0.29, 0.717) is 0 Å². The Morgan fingerprint density at radius 3 is 1.50 bits per heavy atom. The first-order valence-corrected chi connectivity index (χ1v) is 10.1. The molecule has 0 bridgehead atoms. The molecule has 0 unspecified atom stereocenters. The largest absolute Gasteiger partial charge is 0.387 e. The number of hydrogen-bond acceptors (Lipinski definition) is 1. The quantitative estimate of drug-likeness (QED) is 0.183. The summed E-state index contributed by atoms with van der Waals surface area (Å²) in [6.45, 7) is 5.47. The number of rotatable bonds is 17. The van der Waals surface area contributed by atoms with E-state index in [-0.39, 0.29) is 0 Å². The van der Waals surface area contributed by atoms with Crippen LogP contribution >= 0.6 is 0 Å². The lowest BCUT2D eigenvalue weighted by Gasteiger charge is -2.03. The van der Waals surface area contributed by atoms with Crippen molar-refractivity contribution in [3.8, 4) is 0 Å². The van der Waals surface area contributed by atoms with E-state index in [1.54, 1.807) is 0 Å². The Bertz CT molecular complexity index is 236. The summed E-state index contributed by atoms with van der Waals surface area (Å²) in [5.74, 6) is 0.882. The highest BCUT2D eigenvalue weighted by Gasteiger charge is 1.95. The Balaban J connectivity index is 3.21. The zero-order chi connectivity index (χ0) is 16.3. The fourth-order valence-electron chi connectivity index (χ4n) is 2.81. The molecule has 0 saturated carbocycles. The molecule has 0 heterocycles. The van der Waals surface area contributed by atoms with E-state index in [9.17, 15) is 0 Å². The first kappa shape index (κ1) is 21.5.